The molecular weight excluding hydrogens is 771 g/mol. The van der Waals surface area contributed by atoms with Crippen LogP contribution in [-0.2, 0) is 34.9 Å². The molecule has 2 saturated heterocycles. The normalized spacial score (nSPS) is 25.5. The van der Waals surface area contributed by atoms with Gasteiger partial charge in [0, 0.05) is 24.4 Å². The number of ketones is 1. The van der Waals surface area contributed by atoms with Gasteiger partial charge in [-0.2, -0.15) is 0 Å². The SMILES string of the molecule is CCCCc1ccc(-c2ccc(C(=O)C[C@@H](CCN)C(=O)N3CCC3C(=O)N[C@@H](C)C(=O)N[C@@H](CCCCN)C(=O)N[C@@H](C)B3OC4C[C@@H]5C[C@@H](C5(C)C)[C@]4(C)O3)cc2)cc1. The highest BCUT2D eigenvalue weighted by Crippen LogP contribution is 2.65. The summed E-state index contributed by atoms with van der Waals surface area (Å²) in [5.41, 5.74) is 15.3. The van der Waals surface area contributed by atoms with Crippen LogP contribution in [-0.4, -0.2) is 96.8 Å². The van der Waals surface area contributed by atoms with Crippen LogP contribution in [0.4, 0.5) is 0 Å². The Morgan fingerprint density at radius 1 is 0.852 bits per heavy atom. The highest BCUT2D eigenvalue weighted by molar-refractivity contribution is 6.47. The molecule has 3 saturated carbocycles. The van der Waals surface area contributed by atoms with E-state index in [-0.39, 0.29) is 42.1 Å². The van der Waals surface area contributed by atoms with Crippen molar-refractivity contribution >= 4 is 36.5 Å². The first-order chi connectivity index (χ1) is 29.1. The molecule has 7 N–H and O–H groups in total. The number of nitrogens with two attached hydrogens (primary N) is 2. The smallest absolute Gasteiger partial charge is 0.404 e. The predicted octanol–water partition coefficient (Wildman–Crippen LogP) is 4.73. The van der Waals surface area contributed by atoms with Crippen LogP contribution < -0.4 is 27.4 Å². The maximum Gasteiger partial charge on any atom is 0.481 e. The Hall–Kier alpha value is -4.11. The number of Topliss-reactive ketones (excluding diaryl/α,β-unsaturated/α-hetero) is 1. The van der Waals surface area contributed by atoms with Crippen LogP contribution in [0.2, 0.25) is 0 Å². The third-order valence-electron chi connectivity index (χ3n) is 14.3. The van der Waals surface area contributed by atoms with Gasteiger partial charge in [0.25, 0.3) is 0 Å². The lowest BCUT2D eigenvalue weighted by Crippen LogP contribution is -2.65. The summed E-state index contributed by atoms with van der Waals surface area (Å²) in [5.74, 6) is -2.02. The van der Waals surface area contributed by atoms with Crippen LogP contribution >= 0.6 is 0 Å². The molecule has 2 heterocycles. The largest absolute Gasteiger partial charge is 0.481 e. The van der Waals surface area contributed by atoms with Crippen LogP contribution in [0.1, 0.15) is 122 Å². The highest BCUT2D eigenvalue weighted by Gasteiger charge is 2.68. The van der Waals surface area contributed by atoms with E-state index >= 15 is 0 Å². The lowest BCUT2D eigenvalue weighted by Gasteiger charge is -2.64. The summed E-state index contributed by atoms with van der Waals surface area (Å²) in [4.78, 5) is 69.5. The molecule has 5 fully saturated rings. The molecule has 0 radical (unpaired) electrons. The van der Waals surface area contributed by atoms with Crippen molar-refractivity contribution in [2.75, 3.05) is 19.6 Å². The number of hydrogen-bond acceptors (Lipinski definition) is 9. The fourth-order valence-corrected chi connectivity index (χ4v) is 10.0. The van der Waals surface area contributed by atoms with E-state index in [0.717, 1.165) is 43.2 Å². The number of unbranched alkanes of at least 4 members (excludes halogenated alkanes) is 2. The van der Waals surface area contributed by atoms with Crippen molar-refractivity contribution in [1.82, 2.24) is 20.9 Å². The second-order valence-electron chi connectivity index (χ2n) is 18.8. The topological polar surface area (TPSA) is 195 Å². The van der Waals surface area contributed by atoms with Crippen LogP contribution in [0.5, 0.6) is 0 Å². The number of amides is 4. The van der Waals surface area contributed by atoms with E-state index in [1.54, 1.807) is 19.1 Å². The Morgan fingerprint density at radius 2 is 1.54 bits per heavy atom. The fraction of sp³-hybridized carbons (Fsp3) is 0.638. The molecule has 4 amide bonds. The molecule has 2 aromatic carbocycles. The highest BCUT2D eigenvalue weighted by atomic mass is 16.7. The molecular formula is C47H69BN6O7. The average molecular weight is 841 g/mol. The molecule has 2 aromatic rings. The second kappa shape index (κ2) is 19.9. The summed E-state index contributed by atoms with van der Waals surface area (Å²) in [7, 11) is -0.612. The Bertz CT molecular complexity index is 1880. The molecule has 5 aliphatic rings. The predicted molar refractivity (Wildman–Crippen MR) is 237 cm³/mol. The zero-order valence-electron chi connectivity index (χ0n) is 37.2. The molecule has 2 aliphatic heterocycles. The van der Waals surface area contributed by atoms with Crippen LogP contribution in [0.3, 0.4) is 0 Å². The number of likely N-dealkylation sites (tertiary alicyclic amines) is 1. The summed E-state index contributed by atoms with van der Waals surface area (Å²) in [6, 6.07) is 13.3. The average Bonchev–Trinajstić information content (AvgIpc) is 3.59. The Balaban J connectivity index is 1.000. The molecule has 2 bridgehead atoms. The van der Waals surface area contributed by atoms with Gasteiger partial charge < -0.3 is 41.6 Å². The lowest BCUT2D eigenvalue weighted by atomic mass is 9.43. The van der Waals surface area contributed by atoms with E-state index in [4.69, 9.17) is 20.8 Å². The van der Waals surface area contributed by atoms with Crippen molar-refractivity contribution in [3.05, 3.63) is 59.7 Å². The Labute approximate surface area is 362 Å². The number of carbonyl (C=O) groups is 5. The maximum absolute atomic E-state index is 13.8. The van der Waals surface area contributed by atoms with E-state index in [9.17, 15) is 24.0 Å². The van der Waals surface area contributed by atoms with Gasteiger partial charge in [-0.15, -0.1) is 0 Å². The number of hydrogen-bond donors (Lipinski definition) is 5. The van der Waals surface area contributed by atoms with Crippen LogP contribution in [0.25, 0.3) is 11.1 Å². The number of carbonyl (C=O) groups excluding carboxylic acids is 5. The minimum absolute atomic E-state index is 0.0263. The maximum atomic E-state index is 13.8. The van der Waals surface area contributed by atoms with Crippen molar-refractivity contribution in [2.24, 2.45) is 34.6 Å². The van der Waals surface area contributed by atoms with Gasteiger partial charge in [-0.1, -0.05) is 75.7 Å². The van der Waals surface area contributed by atoms with Crippen LogP contribution in [0.15, 0.2) is 48.5 Å². The number of nitrogens with one attached hydrogen (secondary N) is 3. The van der Waals surface area contributed by atoms with Crippen molar-refractivity contribution < 1.29 is 33.3 Å². The van der Waals surface area contributed by atoms with E-state index < -0.39 is 54.5 Å². The quantitative estimate of drug-likeness (QED) is 0.0672. The van der Waals surface area contributed by atoms with E-state index in [1.165, 1.54) is 10.5 Å². The van der Waals surface area contributed by atoms with Gasteiger partial charge in [0.05, 0.1) is 17.6 Å². The van der Waals surface area contributed by atoms with Gasteiger partial charge in [0.2, 0.25) is 23.6 Å². The summed E-state index contributed by atoms with van der Waals surface area (Å²) in [6.07, 6.45) is 7.72. The first kappa shape index (κ1) is 46.4. The van der Waals surface area contributed by atoms with E-state index in [1.807, 2.05) is 19.1 Å². The zero-order chi connectivity index (χ0) is 44.1. The van der Waals surface area contributed by atoms with Gasteiger partial charge in [-0.3, -0.25) is 24.0 Å². The van der Waals surface area contributed by atoms with Gasteiger partial charge in [-0.25, -0.2) is 0 Å². The summed E-state index contributed by atoms with van der Waals surface area (Å²) >= 11 is 0. The summed E-state index contributed by atoms with van der Waals surface area (Å²) in [5, 5.41) is 8.62. The Kier molecular flexibility index (Phi) is 15.2. The molecule has 0 spiro atoms. The number of benzene rings is 2. The zero-order valence-corrected chi connectivity index (χ0v) is 37.2. The first-order valence-electron chi connectivity index (χ1n) is 22.8. The first-order valence-corrected chi connectivity index (χ1v) is 22.8. The summed E-state index contributed by atoms with van der Waals surface area (Å²) < 4.78 is 13.0. The van der Waals surface area contributed by atoms with Crippen molar-refractivity contribution in [1.29, 1.82) is 0 Å². The van der Waals surface area contributed by atoms with Crippen LogP contribution in [0, 0.1) is 23.2 Å². The van der Waals surface area contributed by atoms with E-state index in [2.05, 4.69) is 67.9 Å². The lowest BCUT2D eigenvalue weighted by molar-refractivity contribution is -0.199. The fourth-order valence-electron chi connectivity index (χ4n) is 10.0. The third-order valence-corrected chi connectivity index (χ3v) is 14.3. The monoisotopic (exact) mass is 841 g/mol. The second-order valence-corrected chi connectivity index (χ2v) is 18.8. The standard InChI is InChI=1S/C47H69BN6O7/c1-7-8-11-31-13-15-32(16-14-31)33-17-19-34(20-18-33)39(55)26-35(21-24-50)45(59)54-25-22-38(54)44(58)51-29(2)42(56)53-37(12-9-10-23-49)43(57)52-30(3)48-60-41-28-36-27-40(46(36,4)5)47(41,6)61-48/h13-20,29-30,35-38,40-41H,7-12,21-28,49-50H2,1-6H3,(H,51,58)(H,52,57)(H,53,56)/t29-,30-,35+,36-,37-,38?,40-,41?,47-/m0/s1. The molecule has 332 valence electrons. The molecule has 61 heavy (non-hydrogen) atoms. The Morgan fingerprint density at radius 3 is 2.15 bits per heavy atom. The van der Waals surface area contributed by atoms with Crippen molar-refractivity contribution in [3.8, 4) is 11.1 Å². The molecule has 9 atom stereocenters. The summed E-state index contributed by atoms with van der Waals surface area (Å²) in [6.45, 7) is 13.3. The van der Waals surface area contributed by atoms with Gasteiger partial charge >= 0.3 is 7.12 Å². The molecule has 2 unspecified atom stereocenters. The van der Waals surface area contributed by atoms with Gasteiger partial charge in [0.1, 0.15) is 18.1 Å². The van der Waals surface area contributed by atoms with Crippen molar-refractivity contribution in [3.63, 3.8) is 0 Å². The minimum atomic E-state index is -0.991. The molecule has 3 aliphatic carbocycles. The van der Waals surface area contributed by atoms with Gasteiger partial charge in [-0.05, 0) is 126 Å². The number of rotatable bonds is 21. The van der Waals surface area contributed by atoms with Gasteiger partial charge in [0.15, 0.2) is 5.78 Å². The minimum Gasteiger partial charge on any atom is -0.404 e. The molecule has 13 nitrogen and oxygen atoms in total. The van der Waals surface area contributed by atoms with Crippen molar-refractivity contribution in [2.45, 2.75) is 148 Å². The molecule has 7 rings (SSSR count). The third kappa shape index (κ3) is 10.2. The molecule has 0 aromatic heterocycles. The molecule has 14 heteroatoms. The number of aryl methyl sites for hydroxylation is 1. The van der Waals surface area contributed by atoms with E-state index in [0.29, 0.717) is 62.6 Å². The number of nitrogens with zero attached hydrogens (tertiary/aromatic N) is 1.